The predicted molar refractivity (Wildman–Crippen MR) is 80.0 cm³/mol. The van der Waals surface area contributed by atoms with E-state index in [1.54, 1.807) is 11.3 Å². The van der Waals surface area contributed by atoms with Crippen LogP contribution in [0, 0.1) is 6.92 Å². The number of thiazole rings is 1. The number of benzene rings is 1. The number of para-hydroxylation sites is 2. The Morgan fingerprint density at radius 2 is 2.05 bits per heavy atom. The lowest BCUT2D eigenvalue weighted by Crippen LogP contribution is -2.10. The molecule has 102 valence electrons. The van der Waals surface area contributed by atoms with Gasteiger partial charge in [-0.15, -0.1) is 11.3 Å². The van der Waals surface area contributed by atoms with E-state index in [2.05, 4.69) is 9.97 Å². The molecule has 2 aromatic heterocycles. The number of hydrogen-bond acceptors (Lipinski definition) is 4. The van der Waals surface area contributed by atoms with E-state index in [0.717, 1.165) is 27.6 Å². The number of carbonyl (C=O) groups excluding carboxylic acids is 1. The number of ketones is 1. The number of imidazole rings is 1. The van der Waals surface area contributed by atoms with Crippen molar-refractivity contribution in [1.82, 2.24) is 14.5 Å². The number of nitrogens with zero attached hydrogens (tertiary/aromatic N) is 3. The highest BCUT2D eigenvalue weighted by molar-refractivity contribution is 7.09. The number of hydrogen-bond donors (Lipinski definition) is 0. The fraction of sp³-hybridized carbons (Fsp3) is 0.267. The van der Waals surface area contributed by atoms with Crippen molar-refractivity contribution in [3.63, 3.8) is 0 Å². The summed E-state index contributed by atoms with van der Waals surface area (Å²) in [7, 11) is 1.95. The monoisotopic (exact) mass is 285 g/mol. The van der Waals surface area contributed by atoms with Gasteiger partial charge in [-0.25, -0.2) is 9.97 Å². The van der Waals surface area contributed by atoms with E-state index in [9.17, 15) is 4.79 Å². The van der Waals surface area contributed by atoms with Crippen molar-refractivity contribution in [2.75, 3.05) is 0 Å². The number of aryl methyl sites for hydroxylation is 2. The van der Waals surface area contributed by atoms with Crippen LogP contribution in [0.15, 0.2) is 29.6 Å². The van der Waals surface area contributed by atoms with Gasteiger partial charge in [-0.05, 0) is 19.1 Å². The maximum atomic E-state index is 12.1. The van der Waals surface area contributed by atoms with Crippen molar-refractivity contribution in [3.8, 4) is 0 Å². The van der Waals surface area contributed by atoms with Gasteiger partial charge in [-0.3, -0.25) is 4.79 Å². The Bertz CT molecular complexity index is 772. The van der Waals surface area contributed by atoms with Gasteiger partial charge in [0, 0.05) is 18.8 Å². The molecule has 0 radical (unpaired) electrons. The highest BCUT2D eigenvalue weighted by Crippen LogP contribution is 2.15. The number of rotatable bonds is 4. The van der Waals surface area contributed by atoms with Crippen LogP contribution < -0.4 is 0 Å². The van der Waals surface area contributed by atoms with E-state index in [4.69, 9.17) is 0 Å². The van der Waals surface area contributed by atoms with E-state index < -0.39 is 0 Å². The Morgan fingerprint density at radius 1 is 1.25 bits per heavy atom. The molecular weight excluding hydrogens is 270 g/mol. The van der Waals surface area contributed by atoms with Gasteiger partial charge in [-0.1, -0.05) is 12.1 Å². The van der Waals surface area contributed by atoms with Crippen LogP contribution in [0.2, 0.25) is 0 Å². The number of Topliss-reactive ketones (excluding diaryl/α,β-unsaturated/α-hetero) is 1. The molecule has 0 N–H and O–H groups in total. The lowest BCUT2D eigenvalue weighted by atomic mass is 10.2. The van der Waals surface area contributed by atoms with Gasteiger partial charge in [0.2, 0.25) is 0 Å². The first-order valence-electron chi connectivity index (χ1n) is 6.46. The van der Waals surface area contributed by atoms with Crippen LogP contribution in [-0.4, -0.2) is 20.3 Å². The summed E-state index contributed by atoms with van der Waals surface area (Å²) in [5, 5.41) is 2.94. The van der Waals surface area contributed by atoms with Crippen LogP contribution in [-0.2, 0) is 24.7 Å². The lowest BCUT2D eigenvalue weighted by molar-refractivity contribution is -0.118. The van der Waals surface area contributed by atoms with Crippen molar-refractivity contribution in [3.05, 3.63) is 46.2 Å². The lowest BCUT2D eigenvalue weighted by Gasteiger charge is -2.01. The fourth-order valence-corrected chi connectivity index (χ4v) is 2.90. The largest absolute Gasteiger partial charge is 0.331 e. The average Bonchev–Trinajstić information content (AvgIpc) is 2.95. The van der Waals surface area contributed by atoms with Gasteiger partial charge < -0.3 is 4.57 Å². The normalized spacial score (nSPS) is 11.1. The first-order valence-corrected chi connectivity index (χ1v) is 7.34. The second-order valence-electron chi connectivity index (χ2n) is 4.83. The van der Waals surface area contributed by atoms with Crippen molar-refractivity contribution in [2.24, 2.45) is 7.05 Å². The summed E-state index contributed by atoms with van der Waals surface area (Å²) in [6, 6.07) is 7.92. The van der Waals surface area contributed by atoms with Gasteiger partial charge in [-0.2, -0.15) is 0 Å². The Morgan fingerprint density at radius 3 is 2.75 bits per heavy atom. The molecule has 1 aromatic carbocycles. The van der Waals surface area contributed by atoms with Gasteiger partial charge in [0.15, 0.2) is 0 Å². The van der Waals surface area contributed by atoms with Crippen LogP contribution in [0.25, 0.3) is 11.0 Å². The van der Waals surface area contributed by atoms with E-state index in [1.807, 2.05) is 48.2 Å². The van der Waals surface area contributed by atoms with Crippen LogP contribution >= 0.6 is 11.3 Å². The summed E-state index contributed by atoms with van der Waals surface area (Å²) in [5.74, 6) is 0.955. The van der Waals surface area contributed by atoms with Crippen LogP contribution in [0.1, 0.15) is 16.5 Å². The third-order valence-electron chi connectivity index (χ3n) is 3.28. The topological polar surface area (TPSA) is 47.8 Å². The van der Waals surface area contributed by atoms with Crippen molar-refractivity contribution in [2.45, 2.75) is 19.8 Å². The Labute approximate surface area is 121 Å². The molecule has 5 heteroatoms. The molecule has 0 aliphatic rings. The zero-order valence-electron chi connectivity index (χ0n) is 11.5. The van der Waals surface area contributed by atoms with Crippen molar-refractivity contribution in [1.29, 1.82) is 0 Å². The molecule has 0 saturated carbocycles. The third-order valence-corrected chi connectivity index (χ3v) is 4.10. The van der Waals surface area contributed by atoms with Crippen molar-refractivity contribution >= 4 is 28.2 Å². The van der Waals surface area contributed by atoms with Gasteiger partial charge in [0.25, 0.3) is 0 Å². The van der Waals surface area contributed by atoms with Gasteiger partial charge in [0.1, 0.15) is 11.6 Å². The number of aromatic nitrogens is 3. The Kier molecular flexibility index (Phi) is 3.36. The first-order chi connectivity index (χ1) is 9.63. The minimum Gasteiger partial charge on any atom is -0.331 e. The second-order valence-corrected chi connectivity index (χ2v) is 5.89. The van der Waals surface area contributed by atoms with Crippen LogP contribution in [0.4, 0.5) is 0 Å². The maximum absolute atomic E-state index is 12.1. The van der Waals surface area contributed by atoms with E-state index in [0.29, 0.717) is 12.8 Å². The molecule has 0 amide bonds. The molecular formula is C15H15N3OS. The first kappa shape index (κ1) is 13.0. The maximum Gasteiger partial charge on any atom is 0.146 e. The minimum atomic E-state index is 0.147. The molecule has 0 aliphatic heterocycles. The SMILES string of the molecule is Cc1nc(CC(=O)Cc2nc3ccccc3n2C)cs1. The fourth-order valence-electron chi connectivity index (χ4n) is 2.28. The highest BCUT2D eigenvalue weighted by Gasteiger charge is 2.13. The minimum absolute atomic E-state index is 0.147. The van der Waals surface area contributed by atoms with E-state index in [-0.39, 0.29) is 5.78 Å². The van der Waals surface area contributed by atoms with Crippen LogP contribution in [0.5, 0.6) is 0 Å². The van der Waals surface area contributed by atoms with Gasteiger partial charge in [0.05, 0.1) is 28.2 Å². The van der Waals surface area contributed by atoms with E-state index in [1.165, 1.54) is 0 Å². The Hall–Kier alpha value is -2.01. The molecule has 2 heterocycles. The molecule has 3 aromatic rings. The van der Waals surface area contributed by atoms with Gasteiger partial charge >= 0.3 is 0 Å². The summed E-state index contributed by atoms with van der Waals surface area (Å²) in [6.07, 6.45) is 0.731. The smallest absolute Gasteiger partial charge is 0.146 e. The molecule has 0 fully saturated rings. The summed E-state index contributed by atoms with van der Waals surface area (Å²) in [5.41, 5.74) is 2.85. The van der Waals surface area contributed by atoms with Crippen LogP contribution in [0.3, 0.4) is 0 Å². The second kappa shape index (κ2) is 5.17. The van der Waals surface area contributed by atoms with Crippen molar-refractivity contribution < 1.29 is 4.79 Å². The third kappa shape index (κ3) is 2.49. The average molecular weight is 285 g/mol. The molecule has 0 unspecified atom stereocenters. The summed E-state index contributed by atoms with van der Waals surface area (Å²) in [6.45, 7) is 1.95. The Balaban J connectivity index is 1.79. The molecule has 0 spiro atoms. The summed E-state index contributed by atoms with van der Waals surface area (Å²) in [4.78, 5) is 21.0. The molecule has 0 atom stereocenters. The van der Waals surface area contributed by atoms with E-state index >= 15 is 0 Å². The molecule has 0 saturated heterocycles. The quantitative estimate of drug-likeness (QED) is 0.740. The molecule has 20 heavy (non-hydrogen) atoms. The zero-order chi connectivity index (χ0) is 14.1. The zero-order valence-corrected chi connectivity index (χ0v) is 12.3. The number of fused-ring (bicyclic) bond motifs is 1. The number of carbonyl (C=O) groups is 1. The predicted octanol–water partition coefficient (Wildman–Crippen LogP) is 2.69. The molecule has 0 bridgehead atoms. The molecule has 3 rings (SSSR count). The standard InChI is InChI=1S/C15H15N3OS/c1-10-16-11(9-20-10)7-12(19)8-15-17-13-5-3-4-6-14(13)18(15)2/h3-6,9H,7-8H2,1-2H3. The molecule has 0 aliphatic carbocycles. The summed E-state index contributed by atoms with van der Waals surface area (Å²) < 4.78 is 1.99. The summed E-state index contributed by atoms with van der Waals surface area (Å²) >= 11 is 1.58. The highest BCUT2D eigenvalue weighted by atomic mass is 32.1. The molecule has 4 nitrogen and oxygen atoms in total.